The molecule has 0 aromatic carbocycles. The number of aromatic nitrogens is 1. The summed E-state index contributed by atoms with van der Waals surface area (Å²) < 4.78 is 12.6. The molecule has 1 aliphatic carbocycles. The molecule has 0 spiro atoms. The van der Waals surface area contributed by atoms with E-state index in [2.05, 4.69) is 10.3 Å². The van der Waals surface area contributed by atoms with Crippen LogP contribution in [0.3, 0.4) is 0 Å². The van der Waals surface area contributed by atoms with Crippen molar-refractivity contribution in [2.45, 2.75) is 44.7 Å². The molecule has 0 radical (unpaired) electrons. The summed E-state index contributed by atoms with van der Waals surface area (Å²) in [6, 6.07) is 3.83. The second-order valence-electron chi connectivity index (χ2n) is 4.18. The van der Waals surface area contributed by atoms with E-state index in [0.717, 1.165) is 12.2 Å². The zero-order chi connectivity index (χ0) is 10.5. The molecule has 0 aliphatic heterocycles. The van der Waals surface area contributed by atoms with Gasteiger partial charge in [-0.15, -0.1) is 0 Å². The molecule has 0 saturated heterocycles. The highest BCUT2D eigenvalue weighted by molar-refractivity contribution is 5.05. The van der Waals surface area contributed by atoms with Crippen LogP contribution in [0.4, 0.5) is 4.39 Å². The molecule has 1 aromatic heterocycles. The number of pyridine rings is 1. The van der Waals surface area contributed by atoms with Crippen LogP contribution < -0.4 is 5.32 Å². The van der Waals surface area contributed by atoms with E-state index in [-0.39, 0.29) is 5.82 Å². The van der Waals surface area contributed by atoms with E-state index in [4.69, 9.17) is 0 Å². The summed E-state index contributed by atoms with van der Waals surface area (Å²) in [4.78, 5) is 4.03. The van der Waals surface area contributed by atoms with Crippen molar-refractivity contribution in [3.05, 3.63) is 29.8 Å². The van der Waals surface area contributed by atoms with E-state index in [1.54, 1.807) is 6.07 Å². The summed E-state index contributed by atoms with van der Waals surface area (Å²) in [5, 5.41) is 3.47. The van der Waals surface area contributed by atoms with Crippen molar-refractivity contribution in [2.24, 2.45) is 0 Å². The SMILES string of the molecule is Fc1ccc(CNC2CCCCC2)nc1. The van der Waals surface area contributed by atoms with E-state index in [9.17, 15) is 4.39 Å². The molecular formula is C12H17FN2. The Morgan fingerprint density at radius 1 is 1.27 bits per heavy atom. The Morgan fingerprint density at radius 2 is 2.07 bits per heavy atom. The van der Waals surface area contributed by atoms with Gasteiger partial charge in [-0.1, -0.05) is 19.3 Å². The lowest BCUT2D eigenvalue weighted by molar-refractivity contribution is 0.371. The topological polar surface area (TPSA) is 24.9 Å². The van der Waals surface area contributed by atoms with Crippen molar-refractivity contribution >= 4 is 0 Å². The number of nitrogens with one attached hydrogen (secondary N) is 1. The van der Waals surface area contributed by atoms with Gasteiger partial charge in [-0.05, 0) is 25.0 Å². The van der Waals surface area contributed by atoms with Crippen LogP contribution in [-0.2, 0) is 6.54 Å². The van der Waals surface area contributed by atoms with Gasteiger partial charge in [-0.3, -0.25) is 4.98 Å². The third kappa shape index (κ3) is 3.27. The Balaban J connectivity index is 1.79. The van der Waals surface area contributed by atoms with Gasteiger partial charge in [0.2, 0.25) is 0 Å². The fraction of sp³-hybridized carbons (Fsp3) is 0.583. The summed E-state index contributed by atoms with van der Waals surface area (Å²) in [6.45, 7) is 0.755. The minimum atomic E-state index is -0.267. The summed E-state index contributed by atoms with van der Waals surface area (Å²) in [5.74, 6) is -0.267. The quantitative estimate of drug-likeness (QED) is 0.826. The van der Waals surface area contributed by atoms with Crippen LogP contribution in [0.25, 0.3) is 0 Å². The van der Waals surface area contributed by atoms with Gasteiger partial charge in [0.1, 0.15) is 5.82 Å². The van der Waals surface area contributed by atoms with Gasteiger partial charge in [-0.25, -0.2) is 4.39 Å². The van der Waals surface area contributed by atoms with Crippen molar-refractivity contribution in [3.8, 4) is 0 Å². The molecule has 1 aromatic rings. The van der Waals surface area contributed by atoms with Gasteiger partial charge in [0, 0.05) is 12.6 Å². The maximum Gasteiger partial charge on any atom is 0.141 e. The Kier molecular flexibility index (Phi) is 3.67. The largest absolute Gasteiger partial charge is 0.308 e. The molecule has 0 amide bonds. The number of hydrogen-bond donors (Lipinski definition) is 1. The molecule has 1 fully saturated rings. The molecule has 0 atom stereocenters. The first kappa shape index (κ1) is 10.6. The molecule has 1 saturated carbocycles. The van der Waals surface area contributed by atoms with Crippen LogP contribution >= 0.6 is 0 Å². The summed E-state index contributed by atoms with van der Waals surface area (Å²) in [6.07, 6.45) is 7.83. The van der Waals surface area contributed by atoms with E-state index >= 15 is 0 Å². The molecule has 1 heterocycles. The molecule has 0 unspecified atom stereocenters. The second-order valence-corrected chi connectivity index (χ2v) is 4.18. The zero-order valence-electron chi connectivity index (χ0n) is 8.88. The number of halogens is 1. The van der Waals surface area contributed by atoms with Gasteiger partial charge in [0.25, 0.3) is 0 Å². The molecule has 2 rings (SSSR count). The van der Waals surface area contributed by atoms with E-state index in [1.807, 2.05) is 0 Å². The smallest absolute Gasteiger partial charge is 0.141 e. The average Bonchev–Trinajstić information content (AvgIpc) is 2.30. The fourth-order valence-corrected chi connectivity index (χ4v) is 2.07. The predicted molar refractivity (Wildman–Crippen MR) is 57.9 cm³/mol. The lowest BCUT2D eigenvalue weighted by Crippen LogP contribution is -2.30. The third-order valence-electron chi connectivity index (χ3n) is 2.97. The lowest BCUT2D eigenvalue weighted by Gasteiger charge is -2.22. The summed E-state index contributed by atoms with van der Waals surface area (Å²) in [7, 11) is 0. The van der Waals surface area contributed by atoms with Crippen molar-refractivity contribution in [3.63, 3.8) is 0 Å². The van der Waals surface area contributed by atoms with Crippen LogP contribution in [0.5, 0.6) is 0 Å². The molecule has 2 nitrogen and oxygen atoms in total. The maximum absolute atomic E-state index is 12.6. The van der Waals surface area contributed by atoms with E-state index < -0.39 is 0 Å². The first-order valence-electron chi connectivity index (χ1n) is 5.68. The van der Waals surface area contributed by atoms with Crippen molar-refractivity contribution in [1.29, 1.82) is 0 Å². The molecule has 3 heteroatoms. The fourth-order valence-electron chi connectivity index (χ4n) is 2.07. The third-order valence-corrected chi connectivity index (χ3v) is 2.97. The van der Waals surface area contributed by atoms with Crippen LogP contribution in [0.15, 0.2) is 18.3 Å². The first-order chi connectivity index (χ1) is 7.34. The Morgan fingerprint density at radius 3 is 2.73 bits per heavy atom. The summed E-state index contributed by atoms with van der Waals surface area (Å²) >= 11 is 0. The van der Waals surface area contributed by atoms with Crippen molar-refractivity contribution < 1.29 is 4.39 Å². The average molecular weight is 208 g/mol. The Hall–Kier alpha value is -0.960. The van der Waals surface area contributed by atoms with Gasteiger partial charge >= 0.3 is 0 Å². The number of nitrogens with zero attached hydrogens (tertiary/aromatic N) is 1. The highest BCUT2D eigenvalue weighted by atomic mass is 19.1. The van der Waals surface area contributed by atoms with Gasteiger partial charge < -0.3 is 5.32 Å². The Labute approximate surface area is 89.9 Å². The lowest BCUT2D eigenvalue weighted by atomic mass is 9.95. The molecule has 15 heavy (non-hydrogen) atoms. The van der Waals surface area contributed by atoms with Gasteiger partial charge in [0.15, 0.2) is 0 Å². The van der Waals surface area contributed by atoms with E-state index in [1.165, 1.54) is 44.4 Å². The summed E-state index contributed by atoms with van der Waals surface area (Å²) in [5.41, 5.74) is 0.918. The minimum Gasteiger partial charge on any atom is -0.308 e. The minimum absolute atomic E-state index is 0.267. The van der Waals surface area contributed by atoms with Crippen molar-refractivity contribution in [1.82, 2.24) is 10.3 Å². The van der Waals surface area contributed by atoms with Crippen LogP contribution in [0.1, 0.15) is 37.8 Å². The maximum atomic E-state index is 12.6. The van der Waals surface area contributed by atoms with Crippen molar-refractivity contribution in [2.75, 3.05) is 0 Å². The van der Waals surface area contributed by atoms with Gasteiger partial charge in [0.05, 0.1) is 11.9 Å². The molecular weight excluding hydrogens is 191 g/mol. The second kappa shape index (κ2) is 5.21. The standard InChI is InChI=1S/C12H17FN2/c13-10-6-7-12(14-8-10)9-15-11-4-2-1-3-5-11/h6-8,11,15H,1-5,9H2. The highest BCUT2D eigenvalue weighted by Gasteiger charge is 2.12. The van der Waals surface area contributed by atoms with Crippen LogP contribution in [0, 0.1) is 5.82 Å². The highest BCUT2D eigenvalue weighted by Crippen LogP contribution is 2.17. The number of hydrogen-bond acceptors (Lipinski definition) is 2. The molecule has 82 valence electrons. The normalized spacial score (nSPS) is 17.9. The first-order valence-corrected chi connectivity index (χ1v) is 5.68. The number of rotatable bonds is 3. The molecule has 1 aliphatic rings. The van der Waals surface area contributed by atoms with Gasteiger partial charge in [-0.2, -0.15) is 0 Å². The van der Waals surface area contributed by atoms with Crippen LogP contribution in [-0.4, -0.2) is 11.0 Å². The zero-order valence-corrected chi connectivity index (χ0v) is 8.88. The Bertz CT molecular complexity index is 291. The molecule has 0 bridgehead atoms. The van der Waals surface area contributed by atoms with E-state index in [0.29, 0.717) is 6.04 Å². The van der Waals surface area contributed by atoms with Crippen LogP contribution in [0.2, 0.25) is 0 Å². The predicted octanol–water partition coefficient (Wildman–Crippen LogP) is 2.64. The monoisotopic (exact) mass is 208 g/mol. The molecule has 1 N–H and O–H groups in total.